The number of hydrogen-bond donors (Lipinski definition) is 3. The molecule has 2 rings (SSSR count). The Kier molecular flexibility index (Phi) is 5.28. The Morgan fingerprint density at radius 1 is 1.38 bits per heavy atom. The van der Waals surface area contributed by atoms with Gasteiger partial charge in [-0.3, -0.25) is 4.68 Å². The molecule has 1 unspecified atom stereocenters. The quantitative estimate of drug-likeness (QED) is 0.709. The van der Waals surface area contributed by atoms with E-state index in [-0.39, 0.29) is 25.2 Å². The first kappa shape index (κ1) is 15.0. The first-order valence-electron chi connectivity index (χ1n) is 6.71. The van der Waals surface area contributed by atoms with Gasteiger partial charge in [0.05, 0.1) is 19.2 Å². The second-order valence-corrected chi connectivity index (χ2v) is 4.73. The summed E-state index contributed by atoms with van der Waals surface area (Å²) in [6.45, 7) is 0.125. The molecule has 1 heterocycles. The third-order valence-corrected chi connectivity index (χ3v) is 2.93. The third kappa shape index (κ3) is 4.88. The predicted molar refractivity (Wildman–Crippen MR) is 77.4 cm³/mol. The molecule has 2 aromatic rings. The fourth-order valence-corrected chi connectivity index (χ4v) is 1.92. The number of carbonyl (C=O) groups is 1. The molecule has 1 aromatic carbocycles. The Bertz CT molecular complexity index is 570. The second kappa shape index (κ2) is 7.39. The van der Waals surface area contributed by atoms with Gasteiger partial charge >= 0.3 is 6.03 Å². The minimum absolute atomic E-state index is 0.121. The van der Waals surface area contributed by atoms with Crippen LogP contribution in [0, 0.1) is 0 Å². The number of aliphatic hydroxyl groups excluding tert-OH is 1. The van der Waals surface area contributed by atoms with Crippen LogP contribution in [0.1, 0.15) is 11.4 Å². The van der Waals surface area contributed by atoms with E-state index in [2.05, 4.69) is 20.7 Å². The molecule has 2 amide bonds. The number of amides is 2. The van der Waals surface area contributed by atoms with Crippen LogP contribution < -0.4 is 10.6 Å². The highest BCUT2D eigenvalue weighted by atomic mass is 16.3. The summed E-state index contributed by atoms with van der Waals surface area (Å²) in [6, 6.07) is 9.02. The van der Waals surface area contributed by atoms with Crippen molar-refractivity contribution in [2.45, 2.75) is 19.0 Å². The molecule has 7 nitrogen and oxygen atoms in total. The zero-order chi connectivity index (χ0) is 15.1. The molecular weight excluding hydrogens is 270 g/mol. The van der Waals surface area contributed by atoms with Crippen LogP contribution in [0.15, 0.2) is 36.7 Å². The van der Waals surface area contributed by atoms with Crippen molar-refractivity contribution >= 4 is 6.03 Å². The molecule has 1 aromatic heterocycles. The Morgan fingerprint density at radius 2 is 2.14 bits per heavy atom. The van der Waals surface area contributed by atoms with Crippen molar-refractivity contribution in [2.75, 3.05) is 6.61 Å². The smallest absolute Gasteiger partial charge is 0.315 e. The van der Waals surface area contributed by atoms with Crippen LogP contribution in [0.3, 0.4) is 0 Å². The van der Waals surface area contributed by atoms with E-state index in [9.17, 15) is 9.90 Å². The molecular formula is C14H19N5O2. The van der Waals surface area contributed by atoms with Crippen LogP contribution >= 0.6 is 0 Å². The number of rotatable bonds is 6. The van der Waals surface area contributed by atoms with E-state index < -0.39 is 0 Å². The summed E-state index contributed by atoms with van der Waals surface area (Å²) in [6.07, 6.45) is 2.15. The maximum atomic E-state index is 11.8. The Hall–Kier alpha value is -2.41. The first-order valence-corrected chi connectivity index (χ1v) is 6.71. The number of nitrogens with one attached hydrogen (secondary N) is 2. The number of aromatic nitrogens is 3. The molecule has 0 saturated carbocycles. The summed E-state index contributed by atoms with van der Waals surface area (Å²) >= 11 is 0. The van der Waals surface area contributed by atoms with Gasteiger partial charge in [-0.15, -0.1) is 0 Å². The number of hydrogen-bond acceptors (Lipinski definition) is 4. The number of aliphatic hydroxyl groups is 1. The second-order valence-electron chi connectivity index (χ2n) is 4.73. The summed E-state index contributed by atoms with van der Waals surface area (Å²) in [5.41, 5.74) is 1.06. The lowest BCUT2D eigenvalue weighted by atomic mass is 10.1. The Morgan fingerprint density at radius 3 is 2.76 bits per heavy atom. The zero-order valence-electron chi connectivity index (χ0n) is 11.9. The molecule has 0 bridgehead atoms. The highest BCUT2D eigenvalue weighted by molar-refractivity contribution is 5.74. The summed E-state index contributed by atoms with van der Waals surface area (Å²) in [4.78, 5) is 15.8. The van der Waals surface area contributed by atoms with Crippen LogP contribution in [0.5, 0.6) is 0 Å². The van der Waals surface area contributed by atoms with Gasteiger partial charge in [0.2, 0.25) is 0 Å². The van der Waals surface area contributed by atoms with Crippen LogP contribution in [0.25, 0.3) is 0 Å². The summed E-state index contributed by atoms with van der Waals surface area (Å²) < 4.78 is 1.57. The molecule has 0 spiro atoms. The number of urea groups is 1. The monoisotopic (exact) mass is 289 g/mol. The van der Waals surface area contributed by atoms with Gasteiger partial charge in [0, 0.05) is 7.05 Å². The number of aryl methyl sites for hydroxylation is 1. The predicted octanol–water partition coefficient (Wildman–Crippen LogP) is 0.218. The number of carbonyl (C=O) groups excluding carboxylic acids is 1. The summed E-state index contributed by atoms with van der Waals surface area (Å²) in [5.74, 6) is 0.538. The van der Waals surface area contributed by atoms with Gasteiger partial charge in [0.15, 0.2) is 5.82 Å². The van der Waals surface area contributed by atoms with Crippen molar-refractivity contribution in [1.82, 2.24) is 25.4 Å². The van der Waals surface area contributed by atoms with Crippen molar-refractivity contribution in [3.8, 4) is 0 Å². The van der Waals surface area contributed by atoms with Crippen molar-refractivity contribution in [3.63, 3.8) is 0 Å². The molecule has 7 heteroatoms. The van der Waals surface area contributed by atoms with E-state index in [0.717, 1.165) is 5.56 Å². The van der Waals surface area contributed by atoms with Gasteiger partial charge in [-0.2, -0.15) is 5.10 Å². The average Bonchev–Trinajstić information content (AvgIpc) is 2.91. The van der Waals surface area contributed by atoms with Crippen LogP contribution in [-0.2, 0) is 20.0 Å². The minimum Gasteiger partial charge on any atom is -0.394 e. The maximum Gasteiger partial charge on any atom is 0.315 e. The maximum absolute atomic E-state index is 11.8. The summed E-state index contributed by atoms with van der Waals surface area (Å²) in [5, 5.41) is 18.8. The molecule has 0 saturated heterocycles. The standard InChI is InChI=1S/C14H19N5O2/c1-19-10-16-13(18-19)8-15-14(21)17-12(9-20)7-11-5-3-2-4-6-11/h2-6,10,12,20H,7-9H2,1H3,(H2,15,17,21). The Balaban J connectivity index is 1.79. The number of nitrogens with zero attached hydrogens (tertiary/aromatic N) is 3. The van der Waals surface area contributed by atoms with Crippen LogP contribution in [-0.4, -0.2) is 38.6 Å². The molecule has 3 N–H and O–H groups in total. The largest absolute Gasteiger partial charge is 0.394 e. The zero-order valence-corrected chi connectivity index (χ0v) is 11.9. The van der Waals surface area contributed by atoms with E-state index in [4.69, 9.17) is 0 Å². The normalized spacial score (nSPS) is 11.9. The van der Waals surface area contributed by atoms with Gasteiger partial charge in [0.25, 0.3) is 0 Å². The van der Waals surface area contributed by atoms with Crippen molar-refractivity contribution in [3.05, 3.63) is 48.0 Å². The van der Waals surface area contributed by atoms with E-state index in [1.807, 2.05) is 30.3 Å². The van der Waals surface area contributed by atoms with E-state index in [1.165, 1.54) is 0 Å². The lowest BCUT2D eigenvalue weighted by molar-refractivity contribution is 0.215. The first-order chi connectivity index (χ1) is 10.2. The van der Waals surface area contributed by atoms with Crippen molar-refractivity contribution in [1.29, 1.82) is 0 Å². The van der Waals surface area contributed by atoms with E-state index in [0.29, 0.717) is 12.2 Å². The third-order valence-electron chi connectivity index (χ3n) is 2.93. The molecule has 1 atom stereocenters. The Labute approximate surface area is 123 Å². The fraction of sp³-hybridized carbons (Fsp3) is 0.357. The highest BCUT2D eigenvalue weighted by Crippen LogP contribution is 2.02. The van der Waals surface area contributed by atoms with Crippen molar-refractivity contribution in [2.24, 2.45) is 7.05 Å². The van der Waals surface area contributed by atoms with Gasteiger partial charge in [-0.05, 0) is 12.0 Å². The molecule has 21 heavy (non-hydrogen) atoms. The lowest BCUT2D eigenvalue weighted by Gasteiger charge is -2.16. The van der Waals surface area contributed by atoms with Crippen LogP contribution in [0.4, 0.5) is 4.79 Å². The number of benzene rings is 1. The topological polar surface area (TPSA) is 92.1 Å². The van der Waals surface area contributed by atoms with E-state index in [1.54, 1.807) is 18.1 Å². The van der Waals surface area contributed by atoms with Crippen LogP contribution in [0.2, 0.25) is 0 Å². The van der Waals surface area contributed by atoms with Gasteiger partial charge in [-0.25, -0.2) is 9.78 Å². The molecule has 0 fully saturated rings. The minimum atomic E-state index is -0.350. The van der Waals surface area contributed by atoms with Gasteiger partial charge < -0.3 is 15.7 Å². The highest BCUT2D eigenvalue weighted by Gasteiger charge is 2.12. The molecule has 112 valence electrons. The van der Waals surface area contributed by atoms with Gasteiger partial charge in [0.1, 0.15) is 6.33 Å². The molecule has 0 aliphatic heterocycles. The molecule has 0 radical (unpaired) electrons. The average molecular weight is 289 g/mol. The summed E-state index contributed by atoms with van der Waals surface area (Å²) in [7, 11) is 1.76. The molecule has 0 aliphatic rings. The van der Waals surface area contributed by atoms with Gasteiger partial charge in [-0.1, -0.05) is 30.3 Å². The fourth-order valence-electron chi connectivity index (χ4n) is 1.92. The van der Waals surface area contributed by atoms with E-state index >= 15 is 0 Å². The SMILES string of the molecule is Cn1cnc(CNC(=O)NC(CO)Cc2ccccc2)n1. The molecule has 0 aliphatic carbocycles. The lowest BCUT2D eigenvalue weighted by Crippen LogP contribution is -2.44. The van der Waals surface area contributed by atoms with Crippen molar-refractivity contribution < 1.29 is 9.90 Å².